The molecule has 2 aromatic rings. The lowest BCUT2D eigenvalue weighted by atomic mass is 9.98. The third-order valence-corrected chi connectivity index (χ3v) is 3.90. The Kier molecular flexibility index (Phi) is 6.28. The van der Waals surface area contributed by atoms with Crippen LogP contribution >= 0.6 is 0 Å². The summed E-state index contributed by atoms with van der Waals surface area (Å²) in [5, 5.41) is 23.2. The molecule has 0 aliphatic carbocycles. The number of carbonyl (C=O) groups excluding carboxylic acids is 1. The van der Waals surface area contributed by atoms with Crippen LogP contribution in [0.3, 0.4) is 0 Å². The van der Waals surface area contributed by atoms with Gasteiger partial charge >= 0.3 is 0 Å². The molecule has 0 fully saturated rings. The van der Waals surface area contributed by atoms with E-state index in [-0.39, 0.29) is 17.2 Å². The van der Waals surface area contributed by atoms with Crippen LogP contribution in [-0.4, -0.2) is 17.9 Å². The van der Waals surface area contributed by atoms with Gasteiger partial charge in [0.05, 0.1) is 12.0 Å². The molecule has 0 aliphatic heterocycles. The number of benzene rings is 2. The maximum absolute atomic E-state index is 12.3. The molecule has 0 atom stereocenters. The van der Waals surface area contributed by atoms with Gasteiger partial charge in [0, 0.05) is 17.3 Å². The molecule has 0 saturated carbocycles. The summed E-state index contributed by atoms with van der Waals surface area (Å²) in [4.78, 5) is 23.2. The topological polar surface area (TPSA) is 105 Å². The maximum Gasteiger partial charge on any atom is 0.273 e. The third-order valence-electron chi connectivity index (χ3n) is 3.90. The first kappa shape index (κ1) is 19.7. The van der Waals surface area contributed by atoms with Crippen molar-refractivity contribution in [1.82, 2.24) is 0 Å². The molecule has 2 aromatic carbocycles. The Hall–Kier alpha value is -3.66. The highest BCUT2D eigenvalue weighted by Crippen LogP contribution is 2.28. The number of methoxy groups -OCH3 is 1. The Morgan fingerprint density at radius 2 is 1.93 bits per heavy atom. The number of amides is 1. The molecule has 1 N–H and O–H groups in total. The van der Waals surface area contributed by atoms with Crippen molar-refractivity contribution < 1.29 is 14.5 Å². The zero-order valence-corrected chi connectivity index (χ0v) is 15.2. The van der Waals surface area contributed by atoms with Gasteiger partial charge in [0.1, 0.15) is 17.4 Å². The molecule has 27 heavy (non-hydrogen) atoms. The molecule has 138 valence electrons. The molecule has 1 amide bonds. The minimum Gasteiger partial charge on any atom is -0.497 e. The minimum atomic E-state index is -0.599. The Balaban J connectivity index is 2.29. The number of nitro benzene ring substituents is 1. The summed E-state index contributed by atoms with van der Waals surface area (Å²) >= 11 is 0. The molecule has 7 heteroatoms. The fourth-order valence-electron chi connectivity index (χ4n) is 2.48. The summed E-state index contributed by atoms with van der Waals surface area (Å²) in [7, 11) is 1.54. The van der Waals surface area contributed by atoms with Crippen molar-refractivity contribution in [2.45, 2.75) is 19.8 Å². The van der Waals surface area contributed by atoms with E-state index < -0.39 is 10.8 Å². The highest BCUT2D eigenvalue weighted by Gasteiger charge is 2.17. The van der Waals surface area contributed by atoms with E-state index in [0.29, 0.717) is 22.6 Å². The number of ether oxygens (including phenoxy) is 1. The van der Waals surface area contributed by atoms with Crippen LogP contribution in [0.2, 0.25) is 0 Å². The smallest absolute Gasteiger partial charge is 0.273 e. The number of nitro groups is 1. The van der Waals surface area contributed by atoms with Gasteiger partial charge in [0.2, 0.25) is 0 Å². The molecule has 0 unspecified atom stereocenters. The second-order valence-corrected chi connectivity index (χ2v) is 6.08. The number of rotatable bonds is 6. The second kappa shape index (κ2) is 8.63. The average Bonchev–Trinajstić information content (AvgIpc) is 2.66. The first-order valence-corrected chi connectivity index (χ1v) is 8.21. The molecular formula is C20H19N3O4. The standard InChI is InChI=1S/C20H19N3O4/c1-13(2)18-9-4-14(11-19(18)23(25)26)10-15(12-21)20(24)22-16-5-7-17(27-3)8-6-16/h4-11,13H,1-3H3,(H,22,24)/b15-10+. The number of anilines is 1. The molecule has 0 radical (unpaired) electrons. The van der Waals surface area contributed by atoms with Crippen LogP contribution in [0, 0.1) is 21.4 Å². The lowest BCUT2D eigenvalue weighted by Gasteiger charge is -2.08. The van der Waals surface area contributed by atoms with Crippen molar-refractivity contribution in [1.29, 1.82) is 5.26 Å². The highest BCUT2D eigenvalue weighted by molar-refractivity contribution is 6.09. The molecule has 0 heterocycles. The summed E-state index contributed by atoms with van der Waals surface area (Å²) in [6.45, 7) is 3.72. The van der Waals surface area contributed by atoms with E-state index in [1.807, 2.05) is 19.9 Å². The number of nitrogens with one attached hydrogen (secondary N) is 1. The lowest BCUT2D eigenvalue weighted by Crippen LogP contribution is -2.13. The molecule has 7 nitrogen and oxygen atoms in total. The van der Waals surface area contributed by atoms with Gasteiger partial charge in [-0.1, -0.05) is 26.0 Å². The van der Waals surface area contributed by atoms with Crippen molar-refractivity contribution in [3.63, 3.8) is 0 Å². The zero-order valence-electron chi connectivity index (χ0n) is 15.2. The summed E-state index contributed by atoms with van der Waals surface area (Å²) in [5.41, 5.74) is 1.32. The van der Waals surface area contributed by atoms with Gasteiger partial charge < -0.3 is 10.1 Å². The summed E-state index contributed by atoms with van der Waals surface area (Å²) < 4.78 is 5.05. The van der Waals surface area contributed by atoms with Gasteiger partial charge in [-0.25, -0.2) is 0 Å². The van der Waals surface area contributed by atoms with Crippen LogP contribution < -0.4 is 10.1 Å². The normalized spacial score (nSPS) is 11.0. The quantitative estimate of drug-likeness (QED) is 0.356. The van der Waals surface area contributed by atoms with Gasteiger partial charge in [-0.05, 0) is 41.8 Å². The number of carbonyl (C=O) groups is 1. The van der Waals surface area contributed by atoms with Gasteiger partial charge in [-0.3, -0.25) is 14.9 Å². The fourth-order valence-corrected chi connectivity index (χ4v) is 2.48. The van der Waals surface area contributed by atoms with E-state index in [1.54, 1.807) is 36.4 Å². The van der Waals surface area contributed by atoms with Crippen molar-refractivity contribution in [3.8, 4) is 11.8 Å². The predicted molar refractivity (Wildman–Crippen MR) is 102 cm³/mol. The number of nitriles is 1. The van der Waals surface area contributed by atoms with Crippen molar-refractivity contribution in [2.24, 2.45) is 0 Å². The molecule has 0 spiro atoms. The molecule has 0 aliphatic rings. The monoisotopic (exact) mass is 365 g/mol. The van der Waals surface area contributed by atoms with Crippen LogP contribution in [0.25, 0.3) is 6.08 Å². The van der Waals surface area contributed by atoms with E-state index >= 15 is 0 Å². The van der Waals surface area contributed by atoms with Crippen LogP contribution in [0.4, 0.5) is 11.4 Å². The summed E-state index contributed by atoms with van der Waals surface area (Å²) in [5.74, 6) is 0.0251. The van der Waals surface area contributed by atoms with E-state index in [0.717, 1.165) is 0 Å². The van der Waals surface area contributed by atoms with Crippen LogP contribution in [0.1, 0.15) is 30.9 Å². The van der Waals surface area contributed by atoms with Crippen molar-refractivity contribution in [2.75, 3.05) is 12.4 Å². The van der Waals surface area contributed by atoms with Crippen molar-refractivity contribution in [3.05, 3.63) is 69.3 Å². The Morgan fingerprint density at radius 1 is 1.26 bits per heavy atom. The van der Waals surface area contributed by atoms with Gasteiger partial charge in [0.15, 0.2) is 0 Å². The van der Waals surface area contributed by atoms with E-state index in [1.165, 1.54) is 19.3 Å². The summed E-state index contributed by atoms with van der Waals surface area (Å²) in [6, 6.07) is 13.2. The molecule has 2 rings (SSSR count). The largest absolute Gasteiger partial charge is 0.497 e. The Morgan fingerprint density at radius 3 is 2.44 bits per heavy atom. The molecule has 0 bridgehead atoms. The SMILES string of the molecule is COc1ccc(NC(=O)/C(C#N)=C/c2ccc(C(C)C)c([N+](=O)[O-])c2)cc1. The molecular weight excluding hydrogens is 346 g/mol. The Bertz CT molecular complexity index is 925. The first-order chi connectivity index (χ1) is 12.8. The third kappa shape index (κ3) is 4.92. The van der Waals surface area contributed by atoms with Crippen molar-refractivity contribution >= 4 is 23.4 Å². The van der Waals surface area contributed by atoms with Gasteiger partial charge in [-0.2, -0.15) is 5.26 Å². The molecule has 0 aromatic heterocycles. The summed E-state index contributed by atoms with van der Waals surface area (Å²) in [6.07, 6.45) is 1.33. The number of hydrogen-bond donors (Lipinski definition) is 1. The maximum atomic E-state index is 12.3. The highest BCUT2D eigenvalue weighted by atomic mass is 16.6. The van der Waals surface area contributed by atoms with Crippen LogP contribution in [0.5, 0.6) is 5.75 Å². The predicted octanol–water partition coefficient (Wildman–Crippen LogP) is 4.27. The second-order valence-electron chi connectivity index (χ2n) is 6.08. The van der Waals surface area contributed by atoms with Gasteiger partial charge in [-0.15, -0.1) is 0 Å². The number of hydrogen-bond acceptors (Lipinski definition) is 5. The van der Waals surface area contributed by atoms with E-state index in [2.05, 4.69) is 5.32 Å². The molecule has 0 saturated heterocycles. The minimum absolute atomic E-state index is 0.0164. The van der Waals surface area contributed by atoms with Crippen LogP contribution in [0.15, 0.2) is 48.0 Å². The van der Waals surface area contributed by atoms with E-state index in [9.17, 15) is 20.2 Å². The average molecular weight is 365 g/mol. The first-order valence-electron chi connectivity index (χ1n) is 8.21. The van der Waals surface area contributed by atoms with Gasteiger partial charge in [0.25, 0.3) is 11.6 Å². The fraction of sp³-hybridized carbons (Fsp3) is 0.200. The Labute approximate surface area is 157 Å². The van der Waals surface area contributed by atoms with E-state index in [4.69, 9.17) is 4.74 Å². The zero-order chi connectivity index (χ0) is 20.0. The lowest BCUT2D eigenvalue weighted by molar-refractivity contribution is -0.385. The van der Waals surface area contributed by atoms with Crippen LogP contribution in [-0.2, 0) is 4.79 Å². The number of nitrogens with zero attached hydrogens (tertiary/aromatic N) is 2.